The van der Waals surface area contributed by atoms with Crippen molar-refractivity contribution >= 4 is 35.8 Å². The van der Waals surface area contributed by atoms with Gasteiger partial charge < -0.3 is 20.3 Å². The molecule has 0 spiro atoms. The van der Waals surface area contributed by atoms with Crippen LogP contribution in [-0.4, -0.2) is 56.1 Å². The minimum atomic E-state index is 0. The smallest absolute Gasteiger partial charge is 0.222 e. The highest BCUT2D eigenvalue weighted by Crippen LogP contribution is 2.15. The van der Waals surface area contributed by atoms with Gasteiger partial charge in [-0.1, -0.05) is 49.4 Å². The van der Waals surface area contributed by atoms with E-state index in [1.165, 1.54) is 11.1 Å². The number of nitrogens with one attached hydrogen (secondary N) is 2. The van der Waals surface area contributed by atoms with Gasteiger partial charge in [0.2, 0.25) is 5.91 Å². The number of benzene rings is 2. The van der Waals surface area contributed by atoms with E-state index in [0.29, 0.717) is 13.0 Å². The average Bonchev–Trinajstić information content (AvgIpc) is 3.30. The number of carbonyl (C=O) groups excluding carboxylic acids is 1. The number of halogens is 1. The summed E-state index contributed by atoms with van der Waals surface area (Å²) in [4.78, 5) is 18.1. The Bertz CT molecular complexity index is 876. The summed E-state index contributed by atoms with van der Waals surface area (Å²) < 4.78 is 5.96. The van der Waals surface area contributed by atoms with Crippen molar-refractivity contribution in [2.45, 2.75) is 45.1 Å². The lowest BCUT2D eigenvalue weighted by atomic mass is 10.1. The van der Waals surface area contributed by atoms with Crippen LogP contribution in [0.5, 0.6) is 5.75 Å². The molecule has 33 heavy (non-hydrogen) atoms. The summed E-state index contributed by atoms with van der Waals surface area (Å²) in [5.74, 6) is 1.93. The van der Waals surface area contributed by atoms with Crippen LogP contribution in [0.3, 0.4) is 0 Å². The van der Waals surface area contributed by atoms with Crippen molar-refractivity contribution in [2.24, 2.45) is 4.99 Å². The molecule has 1 amide bonds. The van der Waals surface area contributed by atoms with Crippen LogP contribution in [0.15, 0.2) is 59.6 Å². The number of aryl methyl sites for hydroxylation is 1. The van der Waals surface area contributed by atoms with Crippen LogP contribution in [-0.2, 0) is 17.6 Å². The van der Waals surface area contributed by atoms with Gasteiger partial charge in [0.1, 0.15) is 5.75 Å². The molecule has 0 bridgehead atoms. The first kappa shape index (κ1) is 27.0. The molecule has 1 atom stereocenters. The molecular weight excluding hydrogens is 527 g/mol. The lowest BCUT2D eigenvalue weighted by Gasteiger charge is -2.18. The minimum absolute atomic E-state index is 0. The maximum Gasteiger partial charge on any atom is 0.222 e. The highest BCUT2D eigenvalue weighted by atomic mass is 127. The molecule has 3 rings (SSSR count). The number of likely N-dealkylation sites (tertiary alicyclic amines) is 1. The summed E-state index contributed by atoms with van der Waals surface area (Å²) in [6.45, 7) is 4.97. The molecule has 1 heterocycles. The van der Waals surface area contributed by atoms with Crippen molar-refractivity contribution in [1.29, 1.82) is 0 Å². The minimum Gasteiger partial charge on any atom is -0.494 e. The van der Waals surface area contributed by atoms with Gasteiger partial charge in [-0.05, 0) is 48.9 Å². The number of hydrogen-bond donors (Lipinski definition) is 2. The highest BCUT2D eigenvalue weighted by Gasteiger charge is 2.25. The molecule has 1 fully saturated rings. The first-order valence-corrected chi connectivity index (χ1v) is 11.7. The summed E-state index contributed by atoms with van der Waals surface area (Å²) in [7, 11) is 1.78. The molecule has 6 nitrogen and oxygen atoms in total. The van der Waals surface area contributed by atoms with Crippen molar-refractivity contribution < 1.29 is 9.53 Å². The van der Waals surface area contributed by atoms with E-state index in [4.69, 9.17) is 4.74 Å². The highest BCUT2D eigenvalue weighted by molar-refractivity contribution is 14.0. The summed E-state index contributed by atoms with van der Waals surface area (Å²) in [5.41, 5.74) is 2.58. The second kappa shape index (κ2) is 14.8. The zero-order valence-electron chi connectivity index (χ0n) is 19.8. The van der Waals surface area contributed by atoms with Crippen LogP contribution in [0, 0.1) is 0 Å². The number of guanidine groups is 1. The third kappa shape index (κ3) is 9.23. The van der Waals surface area contributed by atoms with E-state index in [0.717, 1.165) is 57.0 Å². The molecule has 2 aromatic rings. The van der Waals surface area contributed by atoms with Gasteiger partial charge in [-0.25, -0.2) is 0 Å². The molecule has 2 N–H and O–H groups in total. The monoisotopic (exact) mass is 564 g/mol. The van der Waals surface area contributed by atoms with E-state index in [-0.39, 0.29) is 35.9 Å². The molecular formula is C26H37IN4O2. The molecule has 1 saturated heterocycles. The second-order valence-corrected chi connectivity index (χ2v) is 8.16. The molecule has 1 aliphatic heterocycles. The van der Waals surface area contributed by atoms with E-state index in [1.807, 2.05) is 30.0 Å². The number of rotatable bonds is 10. The molecule has 180 valence electrons. The van der Waals surface area contributed by atoms with Crippen LogP contribution < -0.4 is 15.4 Å². The SMILES string of the molecule is CCC(=O)N1CCC(NC(=NC)NCCc2cccc(OCCCc3ccccc3)c2)C1.I. The zero-order valence-corrected chi connectivity index (χ0v) is 22.1. The fourth-order valence-electron chi connectivity index (χ4n) is 3.94. The third-order valence-electron chi connectivity index (χ3n) is 5.73. The molecule has 2 aromatic carbocycles. The number of amides is 1. The van der Waals surface area contributed by atoms with Crippen LogP contribution in [0.2, 0.25) is 0 Å². The number of carbonyl (C=O) groups is 1. The first-order chi connectivity index (χ1) is 15.7. The molecule has 0 aromatic heterocycles. The summed E-state index contributed by atoms with van der Waals surface area (Å²) in [5, 5.41) is 6.83. The lowest BCUT2D eigenvalue weighted by Crippen LogP contribution is -2.45. The van der Waals surface area contributed by atoms with Gasteiger partial charge in [0.05, 0.1) is 6.61 Å². The Hall–Kier alpha value is -2.29. The topological polar surface area (TPSA) is 66.0 Å². The molecule has 0 aliphatic carbocycles. The fourth-order valence-corrected chi connectivity index (χ4v) is 3.94. The lowest BCUT2D eigenvalue weighted by molar-refractivity contribution is -0.129. The van der Waals surface area contributed by atoms with Crippen LogP contribution in [0.1, 0.15) is 37.3 Å². The second-order valence-electron chi connectivity index (χ2n) is 8.16. The van der Waals surface area contributed by atoms with Gasteiger partial charge >= 0.3 is 0 Å². The van der Waals surface area contributed by atoms with Crippen LogP contribution in [0.25, 0.3) is 0 Å². The predicted octanol–water partition coefficient (Wildman–Crippen LogP) is 4.03. The van der Waals surface area contributed by atoms with Gasteiger partial charge in [-0.2, -0.15) is 0 Å². The maximum absolute atomic E-state index is 11.9. The normalized spacial score (nSPS) is 15.6. The fraction of sp³-hybridized carbons (Fsp3) is 0.462. The Morgan fingerprint density at radius 2 is 1.91 bits per heavy atom. The number of hydrogen-bond acceptors (Lipinski definition) is 3. The molecule has 0 radical (unpaired) electrons. The van der Waals surface area contributed by atoms with Crippen LogP contribution in [0.4, 0.5) is 0 Å². The third-order valence-corrected chi connectivity index (χ3v) is 5.73. The van der Waals surface area contributed by atoms with E-state index in [2.05, 4.69) is 52.0 Å². The number of aliphatic imine (C=N–C) groups is 1. The standard InChI is InChI=1S/C26H36N4O2.HI/c1-3-25(31)30-17-15-23(20-30)29-26(27-2)28-16-14-22-11-7-13-24(19-22)32-18-8-12-21-9-5-4-6-10-21;/h4-7,9-11,13,19,23H,3,8,12,14-18,20H2,1-2H3,(H2,27,28,29);1H. The van der Waals surface area contributed by atoms with Crippen molar-refractivity contribution in [2.75, 3.05) is 33.3 Å². The van der Waals surface area contributed by atoms with Crippen molar-refractivity contribution in [3.8, 4) is 5.75 Å². The Morgan fingerprint density at radius 3 is 2.67 bits per heavy atom. The van der Waals surface area contributed by atoms with Crippen molar-refractivity contribution in [3.05, 3.63) is 65.7 Å². The quantitative estimate of drug-likeness (QED) is 0.198. The Labute approximate surface area is 215 Å². The average molecular weight is 565 g/mol. The Morgan fingerprint density at radius 1 is 1.12 bits per heavy atom. The predicted molar refractivity (Wildman–Crippen MR) is 146 cm³/mol. The van der Waals surface area contributed by atoms with E-state index in [9.17, 15) is 4.79 Å². The van der Waals surface area contributed by atoms with Crippen molar-refractivity contribution in [3.63, 3.8) is 0 Å². The van der Waals surface area contributed by atoms with Gasteiger partial charge in [0, 0.05) is 39.1 Å². The van der Waals surface area contributed by atoms with E-state index >= 15 is 0 Å². The summed E-state index contributed by atoms with van der Waals surface area (Å²) in [6.07, 6.45) is 4.43. The van der Waals surface area contributed by atoms with Gasteiger partial charge in [-0.15, -0.1) is 24.0 Å². The molecule has 7 heteroatoms. The van der Waals surface area contributed by atoms with Crippen LogP contribution >= 0.6 is 24.0 Å². The molecule has 1 unspecified atom stereocenters. The van der Waals surface area contributed by atoms with E-state index in [1.54, 1.807) is 7.05 Å². The number of ether oxygens (including phenoxy) is 1. The molecule has 1 aliphatic rings. The molecule has 0 saturated carbocycles. The van der Waals surface area contributed by atoms with Gasteiger partial charge in [-0.3, -0.25) is 9.79 Å². The first-order valence-electron chi connectivity index (χ1n) is 11.7. The number of nitrogens with zero attached hydrogens (tertiary/aromatic N) is 2. The zero-order chi connectivity index (χ0) is 22.6. The van der Waals surface area contributed by atoms with Gasteiger partial charge in [0.15, 0.2) is 5.96 Å². The summed E-state index contributed by atoms with van der Waals surface area (Å²) >= 11 is 0. The van der Waals surface area contributed by atoms with Gasteiger partial charge in [0.25, 0.3) is 0 Å². The summed E-state index contributed by atoms with van der Waals surface area (Å²) in [6, 6.07) is 19.1. The largest absolute Gasteiger partial charge is 0.494 e. The van der Waals surface area contributed by atoms with Crippen molar-refractivity contribution in [1.82, 2.24) is 15.5 Å². The van der Waals surface area contributed by atoms with E-state index < -0.39 is 0 Å². The Kier molecular flexibility index (Phi) is 12.1. The Balaban J connectivity index is 0.00000385. The maximum atomic E-state index is 11.9.